The van der Waals surface area contributed by atoms with E-state index in [1.54, 1.807) is 0 Å². The quantitative estimate of drug-likeness (QED) is 0.392. The maximum Gasteiger partial charge on any atom is 4.00 e. The van der Waals surface area contributed by atoms with E-state index in [-0.39, 0.29) is 46.5 Å². The van der Waals surface area contributed by atoms with Gasteiger partial charge < -0.3 is 24.8 Å². The average molecular weight is 305 g/mol. The summed E-state index contributed by atoms with van der Waals surface area (Å²) in [7, 11) is 0. The summed E-state index contributed by atoms with van der Waals surface area (Å²) in [6.45, 7) is 8.68. The van der Waals surface area contributed by atoms with Gasteiger partial charge in [0.1, 0.15) is 0 Å². The van der Waals surface area contributed by atoms with Crippen molar-refractivity contribution in [3.8, 4) is 0 Å². The molecule has 0 spiro atoms. The Morgan fingerprint density at radius 2 is 1.47 bits per heavy atom. The number of halogens is 2. The molecule has 0 nitrogen and oxygen atoms in total. The molecule has 2 rings (SSSR count). The topological polar surface area (TPSA) is 0 Å². The van der Waals surface area contributed by atoms with Gasteiger partial charge in [0.25, 0.3) is 0 Å². The molecule has 0 saturated carbocycles. The molecule has 0 radical (unpaired) electrons. The van der Waals surface area contributed by atoms with Crippen LogP contribution in [0.15, 0.2) is 36.4 Å². The summed E-state index contributed by atoms with van der Waals surface area (Å²) in [6.07, 6.45) is 0. The van der Waals surface area contributed by atoms with Crippen molar-refractivity contribution in [2.24, 2.45) is 0 Å². The van der Waals surface area contributed by atoms with Crippen LogP contribution in [-0.2, 0) is 21.7 Å². The molecule has 0 amide bonds. The van der Waals surface area contributed by atoms with E-state index in [1.807, 2.05) is 30.3 Å². The van der Waals surface area contributed by atoms with Gasteiger partial charge in [0.2, 0.25) is 0 Å². The fourth-order valence-corrected chi connectivity index (χ4v) is 1.45. The molecule has 0 aliphatic rings. The molecule has 2 aromatic rings. The third kappa shape index (κ3) is 7.11. The molecule has 3 heteroatoms. The van der Waals surface area contributed by atoms with E-state index in [4.69, 9.17) is 0 Å². The first-order valence-electron chi connectivity index (χ1n) is 4.99. The van der Waals surface area contributed by atoms with Gasteiger partial charge in [-0.3, -0.25) is 0 Å². The van der Waals surface area contributed by atoms with Crippen molar-refractivity contribution in [3.63, 3.8) is 0 Å². The van der Waals surface area contributed by atoms with Crippen molar-refractivity contribution in [2.45, 2.75) is 27.7 Å². The minimum absolute atomic E-state index is 0. The van der Waals surface area contributed by atoms with Crippen LogP contribution in [0, 0.1) is 27.7 Å². The minimum atomic E-state index is 0. The Balaban J connectivity index is -0.000000216. The molecular formula is C14H18Cl2Ti. The molecule has 0 fully saturated rings. The van der Waals surface area contributed by atoms with E-state index in [1.165, 1.54) is 22.3 Å². The Morgan fingerprint density at radius 3 is 1.59 bits per heavy atom. The summed E-state index contributed by atoms with van der Waals surface area (Å²) >= 11 is 0. The van der Waals surface area contributed by atoms with Crippen molar-refractivity contribution in [1.29, 1.82) is 0 Å². The van der Waals surface area contributed by atoms with Crippen LogP contribution in [0.4, 0.5) is 0 Å². The second kappa shape index (κ2) is 11.1. The van der Waals surface area contributed by atoms with Crippen molar-refractivity contribution in [3.05, 3.63) is 58.7 Å². The summed E-state index contributed by atoms with van der Waals surface area (Å²) < 4.78 is 0. The van der Waals surface area contributed by atoms with Crippen LogP contribution in [0.3, 0.4) is 0 Å². The zero-order valence-corrected chi connectivity index (χ0v) is 13.8. The van der Waals surface area contributed by atoms with Gasteiger partial charge in [-0.25, -0.2) is 12.1 Å². The second-order valence-corrected chi connectivity index (χ2v) is 3.72. The monoisotopic (exact) mass is 304 g/mol. The molecule has 0 N–H and O–H groups in total. The van der Waals surface area contributed by atoms with Gasteiger partial charge >= 0.3 is 21.7 Å². The van der Waals surface area contributed by atoms with Crippen LogP contribution in [0.5, 0.6) is 0 Å². The fraction of sp³-hybridized carbons (Fsp3) is 0.286. The number of rotatable bonds is 0. The Hall–Kier alpha value is -0.00571. The van der Waals surface area contributed by atoms with Crippen LogP contribution in [0.1, 0.15) is 22.3 Å². The molecule has 0 atom stereocenters. The second-order valence-electron chi connectivity index (χ2n) is 3.72. The molecular weight excluding hydrogens is 287 g/mol. The molecule has 17 heavy (non-hydrogen) atoms. The molecule has 0 aromatic heterocycles. The SMILES string of the molecule is Cc1c[c-](C)c(C)c1C.[Cl-].[Cl-].[Ti+4].c1cc[cH-]c1. The van der Waals surface area contributed by atoms with Gasteiger partial charge in [-0.1, -0.05) is 27.7 Å². The first-order chi connectivity index (χ1) is 6.63. The maximum absolute atomic E-state index is 2.24. The van der Waals surface area contributed by atoms with E-state index in [2.05, 4.69) is 33.8 Å². The van der Waals surface area contributed by atoms with Crippen LogP contribution in [0.2, 0.25) is 0 Å². The summed E-state index contributed by atoms with van der Waals surface area (Å²) in [6, 6.07) is 12.2. The third-order valence-corrected chi connectivity index (χ3v) is 2.73. The molecule has 0 heterocycles. The van der Waals surface area contributed by atoms with Gasteiger partial charge in [0.05, 0.1) is 0 Å². The molecule has 0 saturated heterocycles. The van der Waals surface area contributed by atoms with E-state index in [0.717, 1.165) is 0 Å². The fourth-order valence-electron chi connectivity index (χ4n) is 1.45. The zero-order chi connectivity index (χ0) is 10.6. The van der Waals surface area contributed by atoms with Crippen LogP contribution < -0.4 is 24.8 Å². The standard InChI is InChI=1S/C9H13.C5H5.2ClH.Ti/c1-6-5-7(2)9(4)8(6)3;1-2-4-5-3-1;;;/h5H,1-4H3;1-5H;2*1H;/q2*-1;;;+4/p-2. The predicted molar refractivity (Wildman–Crippen MR) is 63.0 cm³/mol. The summed E-state index contributed by atoms with van der Waals surface area (Å²) in [5.74, 6) is 0. The summed E-state index contributed by atoms with van der Waals surface area (Å²) in [4.78, 5) is 0. The van der Waals surface area contributed by atoms with Crippen molar-refractivity contribution < 1.29 is 46.5 Å². The van der Waals surface area contributed by atoms with Crippen molar-refractivity contribution in [1.82, 2.24) is 0 Å². The molecule has 92 valence electrons. The predicted octanol–water partition coefficient (Wildman–Crippen LogP) is -1.95. The molecule has 2 aromatic carbocycles. The summed E-state index contributed by atoms with van der Waals surface area (Å²) in [5.41, 5.74) is 5.75. The Labute approximate surface area is 132 Å². The number of aryl methyl sites for hydroxylation is 2. The average Bonchev–Trinajstić information content (AvgIpc) is 2.78. The van der Waals surface area contributed by atoms with Crippen molar-refractivity contribution >= 4 is 0 Å². The Bertz CT molecular complexity index is 335. The van der Waals surface area contributed by atoms with Gasteiger partial charge in [-0.2, -0.15) is 46.5 Å². The largest absolute Gasteiger partial charge is 4.00 e. The van der Waals surface area contributed by atoms with Gasteiger partial charge in [-0.15, -0.1) is 0 Å². The minimum Gasteiger partial charge on any atom is -1.00 e. The van der Waals surface area contributed by atoms with Gasteiger partial charge in [0.15, 0.2) is 0 Å². The van der Waals surface area contributed by atoms with Crippen LogP contribution in [0.25, 0.3) is 0 Å². The van der Waals surface area contributed by atoms with E-state index < -0.39 is 0 Å². The first kappa shape index (κ1) is 22.2. The van der Waals surface area contributed by atoms with Gasteiger partial charge in [-0.05, 0) is 0 Å². The first-order valence-corrected chi connectivity index (χ1v) is 4.99. The molecule has 0 aliphatic heterocycles. The maximum atomic E-state index is 2.24. The Kier molecular flexibility index (Phi) is 14.5. The number of hydrogen-bond donors (Lipinski definition) is 0. The van der Waals surface area contributed by atoms with E-state index in [9.17, 15) is 0 Å². The molecule has 0 bridgehead atoms. The number of hydrogen-bond acceptors (Lipinski definition) is 0. The normalized spacial score (nSPS) is 7.76. The van der Waals surface area contributed by atoms with Gasteiger partial charge in [0, 0.05) is 0 Å². The summed E-state index contributed by atoms with van der Waals surface area (Å²) in [5, 5.41) is 0. The van der Waals surface area contributed by atoms with Crippen molar-refractivity contribution in [2.75, 3.05) is 0 Å². The van der Waals surface area contributed by atoms with E-state index in [0.29, 0.717) is 0 Å². The Morgan fingerprint density at radius 1 is 1.00 bits per heavy atom. The molecule has 0 unspecified atom stereocenters. The smallest absolute Gasteiger partial charge is 1.00 e. The van der Waals surface area contributed by atoms with Crippen LogP contribution in [-0.4, -0.2) is 0 Å². The molecule has 0 aliphatic carbocycles. The third-order valence-electron chi connectivity index (χ3n) is 2.73. The van der Waals surface area contributed by atoms with Crippen LogP contribution >= 0.6 is 0 Å². The van der Waals surface area contributed by atoms with E-state index >= 15 is 0 Å². The zero-order valence-electron chi connectivity index (χ0n) is 10.7.